The molecule has 1 aromatic rings. The number of amides is 3. The van der Waals surface area contributed by atoms with Gasteiger partial charge in [0.2, 0.25) is 11.8 Å². The van der Waals surface area contributed by atoms with Crippen molar-refractivity contribution in [2.24, 2.45) is 0 Å². The minimum atomic E-state index is -0.922. The number of imide groups is 1. The van der Waals surface area contributed by atoms with Gasteiger partial charge in [-0.05, 0) is 38.0 Å². The predicted molar refractivity (Wildman–Crippen MR) is 103 cm³/mol. The van der Waals surface area contributed by atoms with E-state index in [-0.39, 0.29) is 42.2 Å². The molecule has 1 saturated heterocycles. The van der Waals surface area contributed by atoms with Crippen LogP contribution < -0.4 is 10.2 Å². The summed E-state index contributed by atoms with van der Waals surface area (Å²) in [7, 11) is 0. The van der Waals surface area contributed by atoms with Gasteiger partial charge in [-0.1, -0.05) is 31.7 Å². The second-order valence-corrected chi connectivity index (χ2v) is 7.42. The SMILES string of the molecule is C[C@H](OC(=O)c1cccc(N2C(=O)CCC2=O)c1)C(=O)NC1CCCCCC1. The van der Waals surface area contributed by atoms with Crippen molar-refractivity contribution in [3.8, 4) is 0 Å². The molecule has 1 aliphatic carbocycles. The van der Waals surface area contributed by atoms with Gasteiger partial charge in [0.1, 0.15) is 0 Å². The molecule has 0 radical (unpaired) electrons. The molecular weight excluding hydrogens is 360 g/mol. The second-order valence-electron chi connectivity index (χ2n) is 7.42. The third kappa shape index (κ3) is 4.77. The molecule has 7 nitrogen and oxygen atoms in total. The van der Waals surface area contributed by atoms with Crippen LogP contribution in [0.2, 0.25) is 0 Å². The Balaban J connectivity index is 1.60. The van der Waals surface area contributed by atoms with Gasteiger partial charge >= 0.3 is 5.97 Å². The number of hydrogen-bond donors (Lipinski definition) is 1. The van der Waals surface area contributed by atoms with E-state index in [2.05, 4.69) is 5.32 Å². The van der Waals surface area contributed by atoms with Gasteiger partial charge in [0.25, 0.3) is 5.91 Å². The predicted octanol–water partition coefficient (Wildman–Crippen LogP) is 2.72. The van der Waals surface area contributed by atoms with Crippen LogP contribution in [0.15, 0.2) is 24.3 Å². The van der Waals surface area contributed by atoms with Crippen LogP contribution in [-0.2, 0) is 19.1 Å². The number of carbonyl (C=O) groups excluding carboxylic acids is 4. The van der Waals surface area contributed by atoms with Crippen LogP contribution >= 0.6 is 0 Å². The van der Waals surface area contributed by atoms with Crippen LogP contribution in [0.5, 0.6) is 0 Å². The molecule has 1 heterocycles. The number of hydrogen-bond acceptors (Lipinski definition) is 5. The summed E-state index contributed by atoms with van der Waals surface area (Å²) in [4.78, 5) is 49.7. The highest BCUT2D eigenvalue weighted by Gasteiger charge is 2.31. The van der Waals surface area contributed by atoms with Crippen LogP contribution in [0.3, 0.4) is 0 Å². The number of rotatable bonds is 5. The van der Waals surface area contributed by atoms with E-state index in [0.29, 0.717) is 5.69 Å². The van der Waals surface area contributed by atoms with Crippen LogP contribution in [0.25, 0.3) is 0 Å². The minimum absolute atomic E-state index is 0.131. The van der Waals surface area contributed by atoms with Crippen molar-refractivity contribution in [3.63, 3.8) is 0 Å². The summed E-state index contributed by atoms with van der Waals surface area (Å²) in [5.74, 6) is -1.54. The van der Waals surface area contributed by atoms with Crippen LogP contribution in [-0.4, -0.2) is 35.8 Å². The molecular formula is C21H26N2O5. The standard InChI is InChI=1S/C21H26N2O5/c1-14(20(26)22-16-8-4-2-3-5-9-16)28-21(27)15-7-6-10-17(13-15)23-18(24)11-12-19(23)25/h6-7,10,13-14,16H,2-5,8-9,11-12H2,1H3,(H,22,26)/t14-/m0/s1. The Bertz CT molecular complexity index is 752. The Morgan fingerprint density at radius 2 is 1.71 bits per heavy atom. The van der Waals surface area contributed by atoms with Crippen molar-refractivity contribution in [2.45, 2.75) is 70.4 Å². The summed E-state index contributed by atoms with van der Waals surface area (Å²) < 4.78 is 5.30. The summed E-state index contributed by atoms with van der Waals surface area (Å²) in [6.07, 6.45) is 5.90. The zero-order valence-electron chi connectivity index (χ0n) is 16.1. The molecule has 0 spiro atoms. The van der Waals surface area contributed by atoms with E-state index in [9.17, 15) is 19.2 Å². The molecule has 1 atom stereocenters. The van der Waals surface area contributed by atoms with E-state index >= 15 is 0 Å². The van der Waals surface area contributed by atoms with Crippen LogP contribution in [0.4, 0.5) is 5.69 Å². The number of carbonyl (C=O) groups is 4. The monoisotopic (exact) mass is 386 g/mol. The second kappa shape index (κ2) is 8.99. The largest absolute Gasteiger partial charge is 0.449 e. The van der Waals surface area contributed by atoms with Crippen LogP contribution in [0, 0.1) is 0 Å². The van der Waals surface area contributed by atoms with E-state index in [1.54, 1.807) is 19.1 Å². The summed E-state index contributed by atoms with van der Waals surface area (Å²) in [5, 5.41) is 2.97. The molecule has 28 heavy (non-hydrogen) atoms. The molecule has 1 saturated carbocycles. The van der Waals surface area contributed by atoms with Gasteiger partial charge in [0, 0.05) is 18.9 Å². The van der Waals surface area contributed by atoms with E-state index < -0.39 is 12.1 Å². The number of ether oxygens (including phenoxy) is 1. The van der Waals surface area contributed by atoms with Gasteiger partial charge in [0.05, 0.1) is 11.3 Å². The average Bonchev–Trinajstić information content (AvgIpc) is 2.86. The lowest BCUT2D eigenvalue weighted by Gasteiger charge is -2.20. The maximum atomic E-state index is 12.4. The zero-order valence-corrected chi connectivity index (χ0v) is 16.1. The van der Waals surface area contributed by atoms with E-state index in [1.165, 1.54) is 25.0 Å². The number of anilines is 1. The first kappa shape index (κ1) is 20.0. The summed E-state index contributed by atoms with van der Waals surface area (Å²) in [6, 6.07) is 6.29. The lowest BCUT2D eigenvalue weighted by molar-refractivity contribution is -0.130. The molecule has 150 valence electrons. The Labute approximate surface area is 164 Å². The Morgan fingerprint density at radius 3 is 2.36 bits per heavy atom. The van der Waals surface area contributed by atoms with Gasteiger partial charge < -0.3 is 10.1 Å². The maximum absolute atomic E-state index is 12.4. The molecule has 3 rings (SSSR count). The molecule has 2 fully saturated rings. The van der Waals surface area contributed by atoms with Gasteiger partial charge in [-0.25, -0.2) is 4.79 Å². The van der Waals surface area contributed by atoms with Gasteiger partial charge in [-0.15, -0.1) is 0 Å². The molecule has 1 N–H and O–H groups in total. The van der Waals surface area contributed by atoms with E-state index in [0.717, 1.165) is 30.6 Å². The lowest BCUT2D eigenvalue weighted by Crippen LogP contribution is -2.41. The first-order valence-corrected chi connectivity index (χ1v) is 9.93. The fourth-order valence-corrected chi connectivity index (χ4v) is 3.66. The molecule has 1 aromatic carbocycles. The molecule has 0 aromatic heterocycles. The van der Waals surface area contributed by atoms with E-state index in [1.807, 2.05) is 0 Å². The Morgan fingerprint density at radius 1 is 1.07 bits per heavy atom. The highest BCUT2D eigenvalue weighted by atomic mass is 16.5. The fraction of sp³-hybridized carbons (Fsp3) is 0.524. The molecule has 2 aliphatic rings. The topological polar surface area (TPSA) is 92.8 Å². The van der Waals surface area contributed by atoms with Crippen molar-refractivity contribution in [3.05, 3.63) is 29.8 Å². The van der Waals surface area contributed by atoms with Gasteiger partial charge in [-0.2, -0.15) is 0 Å². The Hall–Kier alpha value is -2.70. The van der Waals surface area contributed by atoms with Crippen molar-refractivity contribution >= 4 is 29.4 Å². The smallest absolute Gasteiger partial charge is 0.338 e. The normalized spacial score (nSPS) is 19.2. The summed E-state index contributed by atoms with van der Waals surface area (Å²) >= 11 is 0. The molecule has 1 aliphatic heterocycles. The highest BCUT2D eigenvalue weighted by Crippen LogP contribution is 2.24. The number of benzene rings is 1. The lowest BCUT2D eigenvalue weighted by atomic mass is 10.1. The molecule has 0 bridgehead atoms. The molecule has 7 heteroatoms. The van der Waals surface area contributed by atoms with Crippen molar-refractivity contribution in [1.82, 2.24) is 5.32 Å². The molecule has 3 amide bonds. The van der Waals surface area contributed by atoms with Gasteiger partial charge in [-0.3, -0.25) is 19.3 Å². The van der Waals surface area contributed by atoms with E-state index in [4.69, 9.17) is 4.74 Å². The third-order valence-electron chi connectivity index (χ3n) is 5.25. The number of nitrogens with one attached hydrogen (secondary N) is 1. The number of esters is 1. The molecule has 0 unspecified atom stereocenters. The third-order valence-corrected chi connectivity index (χ3v) is 5.25. The first-order valence-electron chi connectivity index (χ1n) is 9.93. The summed E-state index contributed by atoms with van der Waals surface area (Å²) in [6.45, 7) is 1.54. The van der Waals surface area contributed by atoms with Crippen molar-refractivity contribution < 1.29 is 23.9 Å². The average molecular weight is 386 g/mol. The Kier molecular flexibility index (Phi) is 6.44. The fourth-order valence-electron chi connectivity index (χ4n) is 3.66. The zero-order chi connectivity index (χ0) is 20.1. The van der Waals surface area contributed by atoms with Crippen LogP contribution in [0.1, 0.15) is 68.6 Å². The van der Waals surface area contributed by atoms with Crippen molar-refractivity contribution in [2.75, 3.05) is 4.90 Å². The quantitative estimate of drug-likeness (QED) is 0.477. The van der Waals surface area contributed by atoms with Crippen molar-refractivity contribution in [1.29, 1.82) is 0 Å². The minimum Gasteiger partial charge on any atom is -0.449 e. The maximum Gasteiger partial charge on any atom is 0.338 e. The summed E-state index contributed by atoms with van der Waals surface area (Å²) in [5.41, 5.74) is 0.539. The highest BCUT2D eigenvalue weighted by molar-refractivity contribution is 6.20. The first-order chi connectivity index (χ1) is 13.5. The number of nitrogens with zero attached hydrogens (tertiary/aromatic N) is 1. The van der Waals surface area contributed by atoms with Gasteiger partial charge in [0.15, 0.2) is 6.10 Å².